The summed E-state index contributed by atoms with van der Waals surface area (Å²) < 4.78 is 5.59. The highest BCUT2D eigenvalue weighted by molar-refractivity contribution is 5.79. The van der Waals surface area contributed by atoms with Gasteiger partial charge in [-0.2, -0.15) is 0 Å². The molecule has 0 radical (unpaired) electrons. The normalized spacial score (nSPS) is 10.7. The maximum absolute atomic E-state index is 5.59. The number of hydrogen-bond acceptors (Lipinski definition) is 2. The largest absolute Gasteiger partial charge is 0.492 e. The lowest BCUT2D eigenvalue weighted by molar-refractivity contribution is 0.328. The maximum Gasteiger partial charge on any atom is 0.192 e. The molecule has 0 spiro atoms. The van der Waals surface area contributed by atoms with Gasteiger partial charge in [0.05, 0.1) is 13.1 Å². The Labute approximate surface area is 115 Å². The van der Waals surface area contributed by atoms with Crippen LogP contribution in [0.15, 0.2) is 29.3 Å². The summed E-state index contributed by atoms with van der Waals surface area (Å²) in [5, 5.41) is 6.14. The minimum Gasteiger partial charge on any atom is -0.492 e. The monoisotopic (exact) mass is 259 g/mol. The van der Waals surface area contributed by atoms with E-state index in [0.29, 0.717) is 25.7 Å². The van der Waals surface area contributed by atoms with Gasteiger partial charge in [0.25, 0.3) is 0 Å². The Kier molecular flexibility index (Phi) is 6.96. The lowest BCUT2D eigenvalue weighted by Gasteiger charge is -2.09. The van der Waals surface area contributed by atoms with E-state index in [1.54, 1.807) is 0 Å². The van der Waals surface area contributed by atoms with Crippen molar-refractivity contribution in [3.8, 4) is 18.1 Å². The standard InChI is InChI=1S/C15H21N3O/c1-4-10-17-15(16-5-2)18-11-12-19-14-8-6-13(3)7-9-14/h1,6-9H,5,10-12H2,2-3H3,(H2,16,17,18). The zero-order valence-electron chi connectivity index (χ0n) is 11.6. The molecule has 0 fully saturated rings. The number of nitrogens with zero attached hydrogens (tertiary/aromatic N) is 1. The Balaban J connectivity index is 2.34. The number of aliphatic imine (C=N–C) groups is 1. The lowest BCUT2D eigenvalue weighted by Crippen LogP contribution is -2.37. The predicted octanol–water partition coefficient (Wildman–Crippen LogP) is 1.56. The van der Waals surface area contributed by atoms with Crippen LogP contribution in [0.4, 0.5) is 0 Å². The Morgan fingerprint density at radius 3 is 2.68 bits per heavy atom. The molecule has 1 rings (SSSR count). The number of guanidine groups is 1. The highest BCUT2D eigenvalue weighted by Gasteiger charge is 1.95. The SMILES string of the molecule is C#CCNC(=NCCOc1ccc(C)cc1)NCC. The van der Waals surface area contributed by atoms with Crippen LogP contribution < -0.4 is 15.4 Å². The van der Waals surface area contributed by atoms with Crippen molar-refractivity contribution in [1.82, 2.24) is 10.6 Å². The zero-order valence-corrected chi connectivity index (χ0v) is 11.6. The number of terminal acetylenes is 1. The van der Waals surface area contributed by atoms with Gasteiger partial charge in [0.2, 0.25) is 0 Å². The van der Waals surface area contributed by atoms with Crippen molar-refractivity contribution in [2.24, 2.45) is 4.99 Å². The van der Waals surface area contributed by atoms with Gasteiger partial charge in [0, 0.05) is 6.54 Å². The van der Waals surface area contributed by atoms with Crippen molar-refractivity contribution in [1.29, 1.82) is 0 Å². The molecule has 2 N–H and O–H groups in total. The maximum atomic E-state index is 5.59. The van der Waals surface area contributed by atoms with Crippen LogP contribution in [0.1, 0.15) is 12.5 Å². The first-order chi connectivity index (χ1) is 9.26. The van der Waals surface area contributed by atoms with E-state index >= 15 is 0 Å². The molecule has 4 heteroatoms. The molecule has 1 aromatic carbocycles. The van der Waals surface area contributed by atoms with Gasteiger partial charge >= 0.3 is 0 Å². The van der Waals surface area contributed by atoms with Crippen LogP contribution in [0, 0.1) is 19.3 Å². The number of nitrogens with one attached hydrogen (secondary N) is 2. The Bertz CT molecular complexity index is 432. The second-order valence-electron chi connectivity index (χ2n) is 3.98. The summed E-state index contributed by atoms with van der Waals surface area (Å²) in [6, 6.07) is 7.97. The highest BCUT2D eigenvalue weighted by Crippen LogP contribution is 2.10. The van der Waals surface area contributed by atoms with E-state index < -0.39 is 0 Å². The van der Waals surface area contributed by atoms with E-state index in [9.17, 15) is 0 Å². The molecule has 0 saturated heterocycles. The van der Waals surface area contributed by atoms with E-state index in [0.717, 1.165) is 12.3 Å². The molecule has 4 nitrogen and oxygen atoms in total. The average molecular weight is 259 g/mol. The molecule has 0 aliphatic carbocycles. The second-order valence-corrected chi connectivity index (χ2v) is 3.98. The number of benzene rings is 1. The van der Waals surface area contributed by atoms with Crippen molar-refractivity contribution < 1.29 is 4.74 Å². The molecule has 0 aliphatic rings. The Hall–Kier alpha value is -2.15. The summed E-state index contributed by atoms with van der Waals surface area (Å²) in [6.07, 6.45) is 5.20. The van der Waals surface area contributed by atoms with Crippen LogP contribution in [0.2, 0.25) is 0 Å². The van der Waals surface area contributed by atoms with Gasteiger partial charge in [-0.25, -0.2) is 4.99 Å². The van der Waals surface area contributed by atoms with Crippen molar-refractivity contribution in [3.05, 3.63) is 29.8 Å². The van der Waals surface area contributed by atoms with Crippen LogP contribution in [-0.4, -0.2) is 32.2 Å². The van der Waals surface area contributed by atoms with Gasteiger partial charge in [-0.05, 0) is 26.0 Å². The third-order valence-electron chi connectivity index (χ3n) is 2.35. The van der Waals surface area contributed by atoms with E-state index in [2.05, 4.69) is 21.5 Å². The van der Waals surface area contributed by atoms with Crippen molar-refractivity contribution in [2.45, 2.75) is 13.8 Å². The summed E-state index contributed by atoms with van der Waals surface area (Å²) in [4.78, 5) is 4.36. The molecule has 0 atom stereocenters. The summed E-state index contributed by atoms with van der Waals surface area (Å²) in [5.74, 6) is 4.09. The zero-order chi connectivity index (χ0) is 13.9. The Morgan fingerprint density at radius 2 is 2.05 bits per heavy atom. The minimum atomic E-state index is 0.463. The molecular formula is C15H21N3O. The van der Waals surface area contributed by atoms with Crippen LogP contribution in [0.3, 0.4) is 0 Å². The number of ether oxygens (including phenoxy) is 1. The predicted molar refractivity (Wildman–Crippen MR) is 79.5 cm³/mol. The van der Waals surface area contributed by atoms with E-state index in [1.165, 1.54) is 5.56 Å². The molecule has 0 aliphatic heterocycles. The van der Waals surface area contributed by atoms with Gasteiger partial charge < -0.3 is 15.4 Å². The first kappa shape index (κ1) is 14.9. The van der Waals surface area contributed by atoms with Gasteiger partial charge in [-0.3, -0.25) is 0 Å². The van der Waals surface area contributed by atoms with Gasteiger partial charge in [0.1, 0.15) is 12.4 Å². The highest BCUT2D eigenvalue weighted by atomic mass is 16.5. The smallest absolute Gasteiger partial charge is 0.192 e. The molecule has 0 heterocycles. The minimum absolute atomic E-state index is 0.463. The van der Waals surface area contributed by atoms with Crippen molar-refractivity contribution in [3.63, 3.8) is 0 Å². The molecule has 19 heavy (non-hydrogen) atoms. The molecule has 0 unspecified atom stereocenters. The van der Waals surface area contributed by atoms with Crippen molar-refractivity contribution in [2.75, 3.05) is 26.2 Å². The Morgan fingerprint density at radius 1 is 1.32 bits per heavy atom. The average Bonchev–Trinajstić information content (AvgIpc) is 2.42. The molecule has 0 saturated carbocycles. The number of hydrogen-bond donors (Lipinski definition) is 2. The fourth-order valence-electron chi connectivity index (χ4n) is 1.43. The van der Waals surface area contributed by atoms with Crippen LogP contribution >= 0.6 is 0 Å². The van der Waals surface area contributed by atoms with Gasteiger partial charge in [-0.1, -0.05) is 23.6 Å². The number of rotatable bonds is 6. The summed E-state index contributed by atoms with van der Waals surface area (Å²) in [6.45, 7) is 6.44. The van der Waals surface area contributed by atoms with E-state index in [1.807, 2.05) is 38.1 Å². The van der Waals surface area contributed by atoms with Gasteiger partial charge in [-0.15, -0.1) is 6.42 Å². The third kappa shape index (κ3) is 6.37. The van der Waals surface area contributed by atoms with E-state index in [4.69, 9.17) is 11.2 Å². The molecule has 102 valence electrons. The fraction of sp³-hybridized carbons (Fsp3) is 0.400. The summed E-state index contributed by atoms with van der Waals surface area (Å²) in [5.41, 5.74) is 1.22. The second kappa shape index (κ2) is 8.87. The quantitative estimate of drug-likeness (QED) is 0.353. The summed E-state index contributed by atoms with van der Waals surface area (Å²) >= 11 is 0. The van der Waals surface area contributed by atoms with Crippen LogP contribution in [-0.2, 0) is 0 Å². The summed E-state index contributed by atoms with van der Waals surface area (Å²) in [7, 11) is 0. The van der Waals surface area contributed by atoms with Gasteiger partial charge in [0.15, 0.2) is 5.96 Å². The lowest BCUT2D eigenvalue weighted by atomic mass is 10.2. The van der Waals surface area contributed by atoms with E-state index in [-0.39, 0.29) is 0 Å². The molecule has 1 aromatic rings. The molecule has 0 amide bonds. The van der Waals surface area contributed by atoms with Crippen LogP contribution in [0.25, 0.3) is 0 Å². The van der Waals surface area contributed by atoms with Crippen molar-refractivity contribution >= 4 is 5.96 Å². The molecule has 0 aromatic heterocycles. The molecule has 0 bridgehead atoms. The fourth-order valence-corrected chi connectivity index (χ4v) is 1.43. The topological polar surface area (TPSA) is 45.7 Å². The third-order valence-corrected chi connectivity index (χ3v) is 2.35. The first-order valence-corrected chi connectivity index (χ1v) is 6.41. The number of aryl methyl sites for hydroxylation is 1. The first-order valence-electron chi connectivity index (χ1n) is 6.41. The molecular weight excluding hydrogens is 238 g/mol. The van der Waals surface area contributed by atoms with Crippen LogP contribution in [0.5, 0.6) is 5.75 Å².